The third kappa shape index (κ3) is 45.1. The predicted octanol–water partition coefficient (Wildman–Crippen LogP) is 4.15. The smallest absolute Gasteiger partial charge is 0.302 e. The topological polar surface area (TPSA) is 346 Å². The highest BCUT2D eigenvalue weighted by Crippen LogP contribution is 2.30. The number of hydrogen-bond donors (Lipinski definition) is 10. The molecule has 24 nitrogen and oxygen atoms in total. The quantitative estimate of drug-likeness (QED) is 0.0239. The van der Waals surface area contributed by atoms with Crippen molar-refractivity contribution in [2.45, 2.75) is 283 Å². The maximum absolute atomic E-state index is 11.6. The summed E-state index contributed by atoms with van der Waals surface area (Å²) in [6.45, 7) is 24.9. The molecule has 0 spiro atoms. The number of aliphatic hydroxyl groups excluding tert-OH is 8. The van der Waals surface area contributed by atoms with E-state index in [-0.39, 0.29) is 112 Å². The van der Waals surface area contributed by atoms with Crippen LogP contribution >= 0.6 is 0 Å². The van der Waals surface area contributed by atoms with Crippen LogP contribution in [0.5, 0.6) is 0 Å². The van der Waals surface area contributed by atoms with E-state index in [4.69, 9.17) is 47.4 Å². The van der Waals surface area contributed by atoms with Gasteiger partial charge in [0.25, 0.3) is 0 Å². The van der Waals surface area contributed by atoms with Crippen LogP contribution in [0, 0.1) is 0 Å². The molecule has 2 fully saturated rings. The molecule has 2 heterocycles. The predicted molar refractivity (Wildman–Crippen MR) is 308 cm³/mol. The summed E-state index contributed by atoms with van der Waals surface area (Å²) in [6, 6.07) is 0. The van der Waals surface area contributed by atoms with Gasteiger partial charge in [-0.1, -0.05) is 54.7 Å². The van der Waals surface area contributed by atoms with Crippen LogP contribution in [0.4, 0.5) is 0 Å². The maximum atomic E-state index is 11.6. The molecule has 16 unspecified atom stereocenters. The molecule has 0 aromatic carbocycles. The number of carbonyl (C=O) groups is 4. The fraction of sp³-hybridized carbons (Fsp3) is 0.862. The van der Waals surface area contributed by atoms with Crippen molar-refractivity contribution in [3.63, 3.8) is 0 Å². The minimum atomic E-state index is -0.985. The largest absolute Gasteiger partial charge is 0.462 e. The second-order valence-corrected chi connectivity index (χ2v) is 20.1. The summed E-state index contributed by atoms with van der Waals surface area (Å²) in [5.41, 5.74) is 0. The van der Waals surface area contributed by atoms with Crippen molar-refractivity contribution in [2.75, 3.05) is 41.5 Å². The van der Waals surface area contributed by atoms with Gasteiger partial charge < -0.3 is 98.9 Å². The van der Waals surface area contributed by atoms with E-state index < -0.39 is 67.2 Å². The van der Waals surface area contributed by atoms with Crippen LogP contribution in [0.1, 0.15) is 172 Å². The zero-order valence-corrected chi connectivity index (χ0v) is 52.0. The summed E-state index contributed by atoms with van der Waals surface area (Å²) in [7, 11) is 6.29. The Hall–Kier alpha value is -3.28. The second-order valence-electron chi connectivity index (χ2n) is 20.1. The summed E-state index contributed by atoms with van der Waals surface area (Å²) in [5, 5.41) is 84.5. The summed E-state index contributed by atoms with van der Waals surface area (Å²) in [6.07, 6.45) is -1.03. The summed E-state index contributed by atoms with van der Waals surface area (Å²) >= 11 is 0. The lowest BCUT2D eigenvalue weighted by molar-refractivity contribution is -0.257. The highest BCUT2D eigenvalue weighted by atomic mass is 16.7. The average molecular weight is 1190 g/mol. The normalized spacial score (nSPS) is 22.2. The van der Waals surface area contributed by atoms with Crippen molar-refractivity contribution in [3.8, 4) is 0 Å². The van der Waals surface area contributed by atoms with E-state index in [1.807, 2.05) is 41.5 Å². The molecule has 2 saturated heterocycles. The van der Waals surface area contributed by atoms with E-state index in [1.165, 1.54) is 47.1 Å². The molecule has 0 saturated carbocycles. The van der Waals surface area contributed by atoms with Gasteiger partial charge in [-0.3, -0.25) is 19.2 Å². The third-order valence-electron chi connectivity index (χ3n) is 12.5. The number of rotatable bonds is 36. The number of nitrogens with one attached hydrogen (secondary N) is 2. The van der Waals surface area contributed by atoms with Crippen LogP contribution in [0.2, 0.25) is 0 Å². The van der Waals surface area contributed by atoms with E-state index in [0.29, 0.717) is 64.3 Å². The van der Waals surface area contributed by atoms with Gasteiger partial charge in [0, 0.05) is 68.0 Å². The molecule has 2 aliphatic heterocycles. The van der Waals surface area contributed by atoms with Crippen molar-refractivity contribution < 1.29 is 107 Å². The number of ether oxygens (including phenoxy) is 10. The minimum absolute atomic E-state index is 0.0139. The first-order chi connectivity index (χ1) is 38.7. The Kier molecular flexibility index (Phi) is 51.6. The number of aliphatic hydroxyl groups is 8. The van der Waals surface area contributed by atoms with E-state index in [0.717, 1.165) is 6.42 Å². The SMILES string of the molecule is C=CC(=O)NCC(OC)OC.C=CC(=O)NCC1OC(CC(O)CC2CC(CC(C)O)OC(CC)O2)CC(CC(CC)OC(C)=O)O1.CC.CCC(CC(O)CC(O)CC(O)CC(O)CC(O)CC(C)O)OC(C)=O.CCC(OC)OC. The first kappa shape index (κ1) is 82.9. The van der Waals surface area contributed by atoms with Gasteiger partial charge in [-0.2, -0.15) is 0 Å². The van der Waals surface area contributed by atoms with E-state index >= 15 is 0 Å². The Labute approximate surface area is 489 Å². The third-order valence-corrected chi connectivity index (χ3v) is 12.5. The highest BCUT2D eigenvalue weighted by Gasteiger charge is 2.36. The Morgan fingerprint density at radius 2 is 0.878 bits per heavy atom. The van der Waals surface area contributed by atoms with Gasteiger partial charge in [0.1, 0.15) is 12.2 Å². The molecule has 10 N–H and O–H groups in total. The number of hydrogen-bond acceptors (Lipinski definition) is 22. The van der Waals surface area contributed by atoms with Gasteiger partial charge >= 0.3 is 11.9 Å². The lowest BCUT2D eigenvalue weighted by Crippen LogP contribution is -2.46. The number of amides is 2. The van der Waals surface area contributed by atoms with Gasteiger partial charge in [0.2, 0.25) is 11.8 Å². The Bertz CT molecular complexity index is 1600. The molecular formula is C58H112N2O22. The molecule has 2 aliphatic rings. The van der Waals surface area contributed by atoms with Crippen molar-refractivity contribution in [1.29, 1.82) is 0 Å². The standard InChI is InChI=1S/C26H45NO9.C18H36O8.C7H13NO3.C5H12O2.C2H6/c1-6-19(32-17(5)29)12-23-14-22(35-26(36-23)15-27-24(31)7-2)11-18(30)10-21-13-20(9-16(4)28)33-25(8-3)34-21;1-4-18(26-12(3)20)10-17(25)9-16(24)8-15(23)7-14(22)6-13(21)5-11(2)19;1-4-6(9)8-5-7(10-2)11-3;1-4-5(6-2)7-3;1-2/h7,16,18-23,25-26,28,30H,2,6,8-15H2,1,3-5H3,(H,27,31);11,13-19,21-25H,4-10H2,1-3H3;4,7H,1,5H2,2-3H3,(H,8,9);5H,4H2,1-3H3;1-2H3. The summed E-state index contributed by atoms with van der Waals surface area (Å²) in [5.74, 6) is -1.33. The molecular weight excluding hydrogens is 1080 g/mol. The summed E-state index contributed by atoms with van der Waals surface area (Å²) < 4.78 is 53.7. The van der Waals surface area contributed by atoms with Crippen LogP contribution in [0.3, 0.4) is 0 Å². The number of esters is 2. The number of carbonyl (C=O) groups excluding carboxylic acids is 4. The van der Waals surface area contributed by atoms with Crippen molar-refractivity contribution in [2.24, 2.45) is 0 Å². The highest BCUT2D eigenvalue weighted by molar-refractivity contribution is 5.87. The van der Waals surface area contributed by atoms with Gasteiger partial charge in [-0.25, -0.2) is 0 Å². The molecule has 2 rings (SSSR count). The molecule has 82 heavy (non-hydrogen) atoms. The van der Waals surface area contributed by atoms with Crippen LogP contribution in [-0.4, -0.2) is 217 Å². The van der Waals surface area contributed by atoms with E-state index in [9.17, 15) is 60.0 Å². The van der Waals surface area contributed by atoms with Gasteiger partial charge in [-0.05, 0) is 103 Å². The Morgan fingerprint density at radius 3 is 1.23 bits per heavy atom. The second kappa shape index (κ2) is 51.0. The Balaban J connectivity index is -0.00000117. The van der Waals surface area contributed by atoms with Crippen LogP contribution in [0.15, 0.2) is 25.3 Å². The first-order valence-electron chi connectivity index (χ1n) is 29.1. The first-order valence-corrected chi connectivity index (χ1v) is 29.1. The van der Waals surface area contributed by atoms with E-state index in [1.54, 1.807) is 21.1 Å². The van der Waals surface area contributed by atoms with Gasteiger partial charge in [-0.15, -0.1) is 0 Å². The molecule has 0 radical (unpaired) electrons. The lowest BCUT2D eigenvalue weighted by Gasteiger charge is -2.39. The average Bonchev–Trinajstić information content (AvgIpc) is 3.41. The molecule has 0 aliphatic carbocycles. The molecule has 486 valence electrons. The van der Waals surface area contributed by atoms with Gasteiger partial charge in [0.15, 0.2) is 25.2 Å². The van der Waals surface area contributed by atoms with Crippen molar-refractivity contribution in [1.82, 2.24) is 10.6 Å². The zero-order chi connectivity index (χ0) is 63.3. The molecule has 0 aromatic heterocycles. The summed E-state index contributed by atoms with van der Waals surface area (Å²) in [4.78, 5) is 44.6. The molecule has 2 amide bonds. The fourth-order valence-corrected chi connectivity index (χ4v) is 8.71. The van der Waals surface area contributed by atoms with Crippen LogP contribution < -0.4 is 10.6 Å². The van der Waals surface area contributed by atoms with Crippen LogP contribution in [-0.2, 0) is 66.5 Å². The van der Waals surface area contributed by atoms with E-state index in [2.05, 4.69) is 23.8 Å². The fourth-order valence-electron chi connectivity index (χ4n) is 8.71. The monoisotopic (exact) mass is 1190 g/mol. The maximum Gasteiger partial charge on any atom is 0.302 e. The minimum Gasteiger partial charge on any atom is -0.462 e. The number of methoxy groups -OCH3 is 4. The molecule has 16 atom stereocenters. The van der Waals surface area contributed by atoms with Gasteiger partial charge in [0.05, 0.1) is 86.3 Å². The molecule has 24 heteroatoms. The van der Waals surface area contributed by atoms with Crippen LogP contribution in [0.25, 0.3) is 0 Å². The Morgan fingerprint density at radius 1 is 0.500 bits per heavy atom. The zero-order valence-electron chi connectivity index (χ0n) is 52.0. The lowest BCUT2D eigenvalue weighted by atomic mass is 9.95. The molecule has 0 bridgehead atoms. The van der Waals surface area contributed by atoms with Crippen molar-refractivity contribution >= 4 is 23.8 Å². The van der Waals surface area contributed by atoms with Crippen molar-refractivity contribution in [3.05, 3.63) is 25.3 Å². The molecule has 0 aromatic rings.